The van der Waals surface area contributed by atoms with Gasteiger partial charge < -0.3 is 5.32 Å². The van der Waals surface area contributed by atoms with E-state index in [4.69, 9.17) is 0 Å². The second kappa shape index (κ2) is 6.79. The van der Waals surface area contributed by atoms with E-state index in [-0.39, 0.29) is 0 Å². The quantitative estimate of drug-likeness (QED) is 0.602. The standard InChI is InChI=1S/C19H19N7/c1-14-18(15(2)25(22-14)16-9-5-3-6-10-16)13-20-19-21-23-24-26(19)17-11-7-4-8-12-17/h3-12H,13H2,1-2H3,(H,20,21,24). The maximum absolute atomic E-state index is 4.68. The van der Waals surface area contributed by atoms with Crippen molar-refractivity contribution in [1.82, 2.24) is 30.0 Å². The Hall–Kier alpha value is -3.48. The van der Waals surface area contributed by atoms with E-state index >= 15 is 0 Å². The molecule has 7 nitrogen and oxygen atoms in total. The molecule has 2 aromatic carbocycles. The van der Waals surface area contributed by atoms with Gasteiger partial charge in [-0.1, -0.05) is 41.5 Å². The summed E-state index contributed by atoms with van der Waals surface area (Å²) in [5.74, 6) is 0.600. The lowest BCUT2D eigenvalue weighted by Crippen LogP contribution is -2.08. The van der Waals surface area contributed by atoms with E-state index in [9.17, 15) is 0 Å². The van der Waals surface area contributed by atoms with Crippen LogP contribution in [0.4, 0.5) is 5.95 Å². The summed E-state index contributed by atoms with van der Waals surface area (Å²) in [6.45, 7) is 4.69. The topological polar surface area (TPSA) is 73.5 Å². The Morgan fingerprint density at radius 3 is 2.12 bits per heavy atom. The van der Waals surface area contributed by atoms with Gasteiger partial charge in [0.2, 0.25) is 5.95 Å². The van der Waals surface area contributed by atoms with Crippen LogP contribution in [0.3, 0.4) is 0 Å². The highest BCUT2D eigenvalue weighted by molar-refractivity contribution is 5.41. The normalized spacial score (nSPS) is 10.8. The SMILES string of the molecule is Cc1nn(-c2ccccc2)c(C)c1CNc1nnnn1-c1ccccc1. The molecule has 0 spiro atoms. The Bertz CT molecular complexity index is 1000. The van der Waals surface area contributed by atoms with Gasteiger partial charge in [-0.05, 0) is 48.5 Å². The third-order valence-corrected chi connectivity index (χ3v) is 4.34. The van der Waals surface area contributed by atoms with Gasteiger partial charge in [0.25, 0.3) is 0 Å². The second-order valence-electron chi connectivity index (χ2n) is 6.00. The van der Waals surface area contributed by atoms with Crippen LogP contribution < -0.4 is 5.32 Å². The van der Waals surface area contributed by atoms with Crippen molar-refractivity contribution in [1.29, 1.82) is 0 Å². The smallest absolute Gasteiger partial charge is 0.248 e. The fourth-order valence-electron chi connectivity index (χ4n) is 2.96. The number of nitrogens with one attached hydrogen (secondary N) is 1. The Labute approximate surface area is 151 Å². The average Bonchev–Trinajstić information content (AvgIpc) is 3.26. The number of anilines is 1. The molecule has 7 heteroatoms. The minimum Gasteiger partial charge on any atom is -0.349 e. The van der Waals surface area contributed by atoms with Gasteiger partial charge >= 0.3 is 0 Å². The number of hydrogen-bond donors (Lipinski definition) is 1. The van der Waals surface area contributed by atoms with Crippen molar-refractivity contribution < 1.29 is 0 Å². The first-order valence-corrected chi connectivity index (χ1v) is 8.42. The third-order valence-electron chi connectivity index (χ3n) is 4.34. The Kier molecular flexibility index (Phi) is 4.18. The molecule has 0 aliphatic carbocycles. The predicted octanol–water partition coefficient (Wildman–Crippen LogP) is 3.08. The number of tetrazole rings is 1. The summed E-state index contributed by atoms with van der Waals surface area (Å²) in [5.41, 5.74) is 5.18. The fourth-order valence-corrected chi connectivity index (χ4v) is 2.96. The zero-order valence-electron chi connectivity index (χ0n) is 14.7. The molecule has 0 bridgehead atoms. The van der Waals surface area contributed by atoms with Crippen LogP contribution in [0.25, 0.3) is 11.4 Å². The minimum atomic E-state index is 0.595. The van der Waals surface area contributed by atoms with Crippen molar-refractivity contribution in [3.05, 3.63) is 77.6 Å². The molecule has 4 aromatic rings. The summed E-state index contributed by atoms with van der Waals surface area (Å²) in [6, 6.07) is 19.9. The molecule has 0 radical (unpaired) electrons. The van der Waals surface area contributed by atoms with Crippen LogP contribution in [0.1, 0.15) is 17.0 Å². The number of aromatic nitrogens is 6. The van der Waals surface area contributed by atoms with E-state index in [1.165, 1.54) is 0 Å². The molecular formula is C19H19N7. The number of benzene rings is 2. The van der Waals surface area contributed by atoms with E-state index < -0.39 is 0 Å². The molecule has 2 heterocycles. The van der Waals surface area contributed by atoms with Crippen molar-refractivity contribution >= 4 is 5.95 Å². The van der Waals surface area contributed by atoms with Crippen LogP contribution in [0, 0.1) is 13.8 Å². The van der Waals surface area contributed by atoms with Gasteiger partial charge in [-0.3, -0.25) is 0 Å². The first-order valence-electron chi connectivity index (χ1n) is 8.42. The monoisotopic (exact) mass is 345 g/mol. The van der Waals surface area contributed by atoms with E-state index in [1.54, 1.807) is 4.68 Å². The number of aryl methyl sites for hydroxylation is 1. The number of hydrogen-bond acceptors (Lipinski definition) is 5. The molecule has 2 aromatic heterocycles. The molecule has 1 N–H and O–H groups in total. The van der Waals surface area contributed by atoms with Crippen LogP contribution in [-0.4, -0.2) is 30.0 Å². The van der Waals surface area contributed by atoms with Gasteiger partial charge in [-0.2, -0.15) is 9.78 Å². The van der Waals surface area contributed by atoms with Crippen LogP contribution in [0.2, 0.25) is 0 Å². The van der Waals surface area contributed by atoms with Crippen LogP contribution >= 0.6 is 0 Å². The summed E-state index contributed by atoms with van der Waals surface area (Å²) in [5, 5.41) is 20.0. The van der Waals surface area contributed by atoms with Crippen molar-refractivity contribution in [2.24, 2.45) is 0 Å². The highest BCUT2D eigenvalue weighted by atomic mass is 15.6. The maximum atomic E-state index is 4.68. The predicted molar refractivity (Wildman–Crippen MR) is 99.5 cm³/mol. The number of rotatable bonds is 5. The van der Waals surface area contributed by atoms with Crippen molar-refractivity contribution in [2.45, 2.75) is 20.4 Å². The van der Waals surface area contributed by atoms with Gasteiger partial charge in [0, 0.05) is 17.8 Å². The largest absolute Gasteiger partial charge is 0.349 e. The lowest BCUT2D eigenvalue weighted by atomic mass is 10.2. The molecule has 0 amide bonds. The molecule has 0 atom stereocenters. The number of nitrogens with zero attached hydrogens (tertiary/aromatic N) is 6. The molecular weight excluding hydrogens is 326 g/mol. The van der Waals surface area contributed by atoms with Crippen molar-refractivity contribution in [2.75, 3.05) is 5.32 Å². The maximum Gasteiger partial charge on any atom is 0.248 e. The average molecular weight is 345 g/mol. The van der Waals surface area contributed by atoms with E-state index in [1.807, 2.05) is 72.3 Å². The van der Waals surface area contributed by atoms with Crippen LogP contribution in [0.5, 0.6) is 0 Å². The fraction of sp³-hybridized carbons (Fsp3) is 0.158. The first kappa shape index (κ1) is 16.0. The summed E-state index contributed by atoms with van der Waals surface area (Å²) >= 11 is 0. The van der Waals surface area contributed by atoms with Gasteiger partial charge in [-0.25, -0.2) is 4.68 Å². The van der Waals surface area contributed by atoms with Gasteiger partial charge in [0.1, 0.15) is 0 Å². The highest BCUT2D eigenvalue weighted by Gasteiger charge is 2.14. The Morgan fingerprint density at radius 2 is 1.46 bits per heavy atom. The van der Waals surface area contributed by atoms with Gasteiger partial charge in [0.15, 0.2) is 0 Å². The van der Waals surface area contributed by atoms with E-state index in [0.29, 0.717) is 12.5 Å². The second-order valence-corrected chi connectivity index (χ2v) is 6.00. The Morgan fingerprint density at radius 1 is 0.846 bits per heavy atom. The number of para-hydroxylation sites is 2. The zero-order valence-corrected chi connectivity index (χ0v) is 14.7. The van der Waals surface area contributed by atoms with Crippen LogP contribution in [0.15, 0.2) is 60.7 Å². The molecule has 130 valence electrons. The molecule has 0 aliphatic heterocycles. The summed E-state index contributed by atoms with van der Waals surface area (Å²) < 4.78 is 3.65. The van der Waals surface area contributed by atoms with E-state index in [0.717, 1.165) is 28.3 Å². The van der Waals surface area contributed by atoms with Crippen LogP contribution in [-0.2, 0) is 6.54 Å². The molecule has 0 fully saturated rings. The summed E-state index contributed by atoms with van der Waals surface area (Å²) in [7, 11) is 0. The van der Waals surface area contributed by atoms with Gasteiger partial charge in [0.05, 0.1) is 17.1 Å². The summed E-state index contributed by atoms with van der Waals surface area (Å²) in [4.78, 5) is 0. The molecule has 0 saturated carbocycles. The summed E-state index contributed by atoms with van der Waals surface area (Å²) in [6.07, 6.45) is 0. The molecule has 0 unspecified atom stereocenters. The zero-order chi connectivity index (χ0) is 17.9. The minimum absolute atomic E-state index is 0.595. The lowest BCUT2D eigenvalue weighted by Gasteiger charge is -2.08. The molecule has 0 saturated heterocycles. The van der Waals surface area contributed by atoms with E-state index in [2.05, 4.69) is 32.9 Å². The Balaban J connectivity index is 1.59. The third kappa shape index (κ3) is 2.95. The van der Waals surface area contributed by atoms with Crippen molar-refractivity contribution in [3.8, 4) is 11.4 Å². The van der Waals surface area contributed by atoms with Gasteiger partial charge in [-0.15, -0.1) is 0 Å². The molecule has 26 heavy (non-hydrogen) atoms. The lowest BCUT2D eigenvalue weighted by molar-refractivity contribution is 0.789. The molecule has 0 aliphatic rings. The highest BCUT2D eigenvalue weighted by Crippen LogP contribution is 2.19. The van der Waals surface area contributed by atoms with Crippen molar-refractivity contribution in [3.63, 3.8) is 0 Å². The first-order chi connectivity index (χ1) is 12.7. The molecule has 4 rings (SSSR count).